The van der Waals surface area contributed by atoms with E-state index in [1.165, 1.54) is 0 Å². The van der Waals surface area contributed by atoms with E-state index in [0.29, 0.717) is 25.0 Å². The molecule has 0 unspecified atom stereocenters. The fourth-order valence-corrected chi connectivity index (χ4v) is 3.70. The molecule has 6 heteroatoms. The van der Waals surface area contributed by atoms with Crippen molar-refractivity contribution in [2.24, 2.45) is 5.92 Å². The Bertz CT molecular complexity index is 910. The number of piperidine rings is 1. The molecular formula is C23H27N3O3. The monoisotopic (exact) mass is 393 g/mol. The van der Waals surface area contributed by atoms with E-state index < -0.39 is 0 Å². The summed E-state index contributed by atoms with van der Waals surface area (Å²) in [7, 11) is 0. The molecule has 2 heterocycles. The van der Waals surface area contributed by atoms with Crippen LogP contribution >= 0.6 is 0 Å². The van der Waals surface area contributed by atoms with Gasteiger partial charge in [-0.25, -0.2) is 0 Å². The van der Waals surface area contributed by atoms with Gasteiger partial charge in [-0.2, -0.15) is 4.98 Å². The predicted octanol–water partition coefficient (Wildman–Crippen LogP) is 3.80. The van der Waals surface area contributed by atoms with Gasteiger partial charge in [-0.3, -0.25) is 4.79 Å². The molecule has 1 amide bonds. The maximum Gasteiger partial charge on any atom is 0.298 e. The SMILES string of the molecule is CCOc1ccc(CC(=O)NCC2CCN(c3nc4ccccc4o3)CC2)cc1. The third-order valence-electron chi connectivity index (χ3n) is 5.35. The van der Waals surface area contributed by atoms with E-state index in [1.54, 1.807) is 0 Å². The molecule has 0 bridgehead atoms. The van der Waals surface area contributed by atoms with Gasteiger partial charge in [-0.05, 0) is 55.5 Å². The van der Waals surface area contributed by atoms with E-state index in [4.69, 9.17) is 9.15 Å². The van der Waals surface area contributed by atoms with Crippen molar-refractivity contribution < 1.29 is 13.9 Å². The first-order valence-corrected chi connectivity index (χ1v) is 10.3. The summed E-state index contributed by atoms with van der Waals surface area (Å²) in [4.78, 5) is 19.0. The summed E-state index contributed by atoms with van der Waals surface area (Å²) in [5, 5.41) is 3.09. The first-order chi connectivity index (χ1) is 14.2. The van der Waals surface area contributed by atoms with E-state index in [-0.39, 0.29) is 5.91 Å². The van der Waals surface area contributed by atoms with Crippen molar-refractivity contribution in [2.45, 2.75) is 26.2 Å². The Morgan fingerprint density at radius 1 is 1.17 bits per heavy atom. The number of fused-ring (bicyclic) bond motifs is 1. The number of anilines is 1. The van der Waals surface area contributed by atoms with Crippen molar-refractivity contribution in [3.8, 4) is 5.75 Å². The summed E-state index contributed by atoms with van der Waals surface area (Å²) in [6, 6.07) is 16.3. The maximum absolute atomic E-state index is 12.3. The van der Waals surface area contributed by atoms with Crippen LogP contribution in [-0.4, -0.2) is 37.1 Å². The van der Waals surface area contributed by atoms with Gasteiger partial charge in [0.15, 0.2) is 5.58 Å². The van der Waals surface area contributed by atoms with Crippen LogP contribution in [0.3, 0.4) is 0 Å². The van der Waals surface area contributed by atoms with Crippen LogP contribution in [-0.2, 0) is 11.2 Å². The Morgan fingerprint density at radius 3 is 2.66 bits per heavy atom. The van der Waals surface area contributed by atoms with Gasteiger partial charge < -0.3 is 19.4 Å². The zero-order valence-electron chi connectivity index (χ0n) is 16.8. The fourth-order valence-electron chi connectivity index (χ4n) is 3.70. The average molecular weight is 393 g/mol. The minimum atomic E-state index is 0.0653. The number of oxazole rings is 1. The molecule has 1 N–H and O–H groups in total. The molecule has 29 heavy (non-hydrogen) atoms. The molecule has 1 saturated heterocycles. The molecule has 152 valence electrons. The van der Waals surface area contributed by atoms with Gasteiger partial charge in [0, 0.05) is 19.6 Å². The molecule has 0 radical (unpaired) electrons. The van der Waals surface area contributed by atoms with Gasteiger partial charge in [0.1, 0.15) is 11.3 Å². The second kappa shape index (κ2) is 8.99. The molecule has 1 aromatic heterocycles. The van der Waals surface area contributed by atoms with Gasteiger partial charge in [0.2, 0.25) is 5.91 Å². The summed E-state index contributed by atoms with van der Waals surface area (Å²) in [6.45, 7) is 5.11. The number of rotatable bonds is 7. The number of ether oxygens (including phenoxy) is 1. The van der Waals surface area contributed by atoms with E-state index in [9.17, 15) is 4.79 Å². The average Bonchev–Trinajstić information content (AvgIpc) is 3.19. The summed E-state index contributed by atoms with van der Waals surface area (Å²) in [6.07, 6.45) is 2.43. The van der Waals surface area contributed by atoms with Crippen molar-refractivity contribution in [3.63, 3.8) is 0 Å². The van der Waals surface area contributed by atoms with Crippen LogP contribution in [0.15, 0.2) is 52.9 Å². The number of nitrogens with one attached hydrogen (secondary N) is 1. The molecule has 1 fully saturated rings. The fraction of sp³-hybridized carbons (Fsp3) is 0.391. The number of amides is 1. The van der Waals surface area contributed by atoms with Crippen molar-refractivity contribution >= 4 is 23.0 Å². The lowest BCUT2D eigenvalue weighted by molar-refractivity contribution is -0.120. The molecule has 0 spiro atoms. The van der Waals surface area contributed by atoms with E-state index in [1.807, 2.05) is 55.5 Å². The van der Waals surface area contributed by atoms with E-state index in [2.05, 4.69) is 15.2 Å². The van der Waals surface area contributed by atoms with Crippen molar-refractivity contribution in [1.82, 2.24) is 10.3 Å². The lowest BCUT2D eigenvalue weighted by Gasteiger charge is -2.30. The number of para-hydroxylation sites is 2. The lowest BCUT2D eigenvalue weighted by Crippen LogP contribution is -2.39. The quantitative estimate of drug-likeness (QED) is 0.661. The van der Waals surface area contributed by atoms with Gasteiger partial charge in [0.25, 0.3) is 6.01 Å². The second-order valence-electron chi connectivity index (χ2n) is 7.45. The molecule has 0 aliphatic carbocycles. The number of aromatic nitrogens is 1. The Hall–Kier alpha value is -3.02. The van der Waals surface area contributed by atoms with Crippen LogP contribution in [0.1, 0.15) is 25.3 Å². The van der Waals surface area contributed by atoms with Crippen molar-refractivity contribution in [2.75, 3.05) is 31.1 Å². The molecule has 0 saturated carbocycles. The van der Waals surface area contributed by atoms with Crippen LogP contribution in [0.2, 0.25) is 0 Å². The number of carbonyl (C=O) groups excluding carboxylic acids is 1. The number of hydrogen-bond donors (Lipinski definition) is 1. The zero-order chi connectivity index (χ0) is 20.1. The minimum Gasteiger partial charge on any atom is -0.494 e. The van der Waals surface area contributed by atoms with Gasteiger partial charge in [-0.15, -0.1) is 0 Å². The normalized spacial score (nSPS) is 14.9. The predicted molar refractivity (Wildman–Crippen MR) is 113 cm³/mol. The Labute approximate surface area is 170 Å². The number of carbonyl (C=O) groups is 1. The van der Waals surface area contributed by atoms with Crippen molar-refractivity contribution in [3.05, 3.63) is 54.1 Å². The topological polar surface area (TPSA) is 67.6 Å². The Balaban J connectivity index is 1.21. The molecular weight excluding hydrogens is 366 g/mol. The lowest BCUT2D eigenvalue weighted by atomic mass is 9.97. The number of nitrogens with zero attached hydrogens (tertiary/aromatic N) is 2. The van der Waals surface area contributed by atoms with E-state index in [0.717, 1.165) is 54.9 Å². The number of hydrogen-bond acceptors (Lipinski definition) is 5. The van der Waals surface area contributed by atoms with Crippen LogP contribution in [0, 0.1) is 5.92 Å². The molecule has 3 aromatic rings. The molecule has 6 nitrogen and oxygen atoms in total. The standard InChI is InChI=1S/C23H27N3O3/c1-2-28-19-9-7-17(8-10-19)15-22(27)24-16-18-11-13-26(14-12-18)23-25-20-5-3-4-6-21(20)29-23/h3-10,18H,2,11-16H2,1H3,(H,24,27). The minimum absolute atomic E-state index is 0.0653. The molecule has 1 aliphatic rings. The highest BCUT2D eigenvalue weighted by Crippen LogP contribution is 2.26. The maximum atomic E-state index is 12.3. The third kappa shape index (κ3) is 4.88. The van der Waals surface area contributed by atoms with Crippen LogP contribution in [0.25, 0.3) is 11.1 Å². The van der Waals surface area contributed by atoms with Gasteiger partial charge in [0.05, 0.1) is 13.0 Å². The first-order valence-electron chi connectivity index (χ1n) is 10.3. The highest BCUT2D eigenvalue weighted by Gasteiger charge is 2.23. The Kier molecular flexibility index (Phi) is 5.98. The smallest absolute Gasteiger partial charge is 0.298 e. The molecule has 1 aliphatic heterocycles. The van der Waals surface area contributed by atoms with E-state index >= 15 is 0 Å². The molecule has 2 aromatic carbocycles. The second-order valence-corrected chi connectivity index (χ2v) is 7.45. The van der Waals surface area contributed by atoms with Gasteiger partial charge in [-0.1, -0.05) is 24.3 Å². The molecule has 0 atom stereocenters. The van der Waals surface area contributed by atoms with Crippen LogP contribution in [0.4, 0.5) is 6.01 Å². The summed E-state index contributed by atoms with van der Waals surface area (Å²) in [5.74, 6) is 1.39. The summed E-state index contributed by atoms with van der Waals surface area (Å²) < 4.78 is 11.3. The van der Waals surface area contributed by atoms with Crippen LogP contribution in [0.5, 0.6) is 5.75 Å². The largest absolute Gasteiger partial charge is 0.494 e. The highest BCUT2D eigenvalue weighted by molar-refractivity contribution is 5.78. The summed E-state index contributed by atoms with van der Waals surface area (Å²) >= 11 is 0. The zero-order valence-corrected chi connectivity index (χ0v) is 16.8. The van der Waals surface area contributed by atoms with Crippen LogP contribution < -0.4 is 15.0 Å². The van der Waals surface area contributed by atoms with Crippen molar-refractivity contribution in [1.29, 1.82) is 0 Å². The highest BCUT2D eigenvalue weighted by atomic mass is 16.5. The molecule has 4 rings (SSSR count). The van der Waals surface area contributed by atoms with Gasteiger partial charge >= 0.3 is 0 Å². The summed E-state index contributed by atoms with van der Waals surface area (Å²) in [5.41, 5.74) is 2.72. The Morgan fingerprint density at radius 2 is 1.93 bits per heavy atom. The third-order valence-corrected chi connectivity index (χ3v) is 5.35. The number of benzene rings is 2. The first kappa shape index (κ1) is 19.3.